The Balaban J connectivity index is 2.35. The van der Waals surface area contributed by atoms with Crippen LogP contribution in [0.15, 0.2) is 30.5 Å². The quantitative estimate of drug-likeness (QED) is 0.172. The third kappa shape index (κ3) is 8.81. The number of aliphatic carboxylic acids is 2. The maximum absolute atomic E-state index is 13.5. The summed E-state index contributed by atoms with van der Waals surface area (Å²) in [5.74, 6) is -4.97. The van der Waals surface area contributed by atoms with E-state index in [1.54, 1.807) is 27.0 Å². The number of carbonyl (C=O) groups is 5. The molecule has 0 fully saturated rings. The van der Waals surface area contributed by atoms with Crippen molar-refractivity contribution >= 4 is 40.6 Å². The average Bonchev–Trinajstić information content (AvgIpc) is 3.30. The Hall–Kier alpha value is -3.93. The van der Waals surface area contributed by atoms with Gasteiger partial charge < -0.3 is 36.9 Å². The van der Waals surface area contributed by atoms with Crippen molar-refractivity contribution in [1.29, 1.82) is 0 Å². The summed E-state index contributed by atoms with van der Waals surface area (Å²) in [4.78, 5) is 65.2. The molecule has 12 nitrogen and oxygen atoms in total. The lowest BCUT2D eigenvalue weighted by molar-refractivity contribution is -0.143. The van der Waals surface area contributed by atoms with Gasteiger partial charge in [0, 0.05) is 29.9 Å². The number of nitrogens with two attached hydrogens (primary N) is 1. The van der Waals surface area contributed by atoms with Gasteiger partial charge in [-0.15, -0.1) is 0 Å². The second-order valence-electron chi connectivity index (χ2n) is 10.1. The number of aromatic nitrogens is 1. The Bertz CT molecular complexity index is 1180. The smallest absolute Gasteiger partial charge is 0.326 e. The van der Waals surface area contributed by atoms with Crippen LogP contribution in [0.5, 0.6) is 0 Å². The van der Waals surface area contributed by atoms with Gasteiger partial charge in [0.2, 0.25) is 17.7 Å². The van der Waals surface area contributed by atoms with Crippen LogP contribution in [-0.4, -0.2) is 69.0 Å². The zero-order valence-electron chi connectivity index (χ0n) is 22.7. The summed E-state index contributed by atoms with van der Waals surface area (Å²) in [6.45, 7) is 7.21. The van der Waals surface area contributed by atoms with Crippen molar-refractivity contribution in [2.75, 3.05) is 0 Å². The van der Waals surface area contributed by atoms with Crippen molar-refractivity contribution in [1.82, 2.24) is 20.9 Å². The highest BCUT2D eigenvalue weighted by Gasteiger charge is 2.33. The van der Waals surface area contributed by atoms with Gasteiger partial charge in [-0.2, -0.15) is 0 Å². The van der Waals surface area contributed by atoms with Gasteiger partial charge in [0.25, 0.3) is 0 Å². The van der Waals surface area contributed by atoms with Crippen LogP contribution in [0.1, 0.15) is 52.5 Å². The summed E-state index contributed by atoms with van der Waals surface area (Å²) in [6.07, 6.45) is 1.47. The molecule has 0 bridgehead atoms. The summed E-state index contributed by atoms with van der Waals surface area (Å²) in [5.41, 5.74) is 7.49. The van der Waals surface area contributed by atoms with Crippen molar-refractivity contribution in [3.63, 3.8) is 0 Å². The van der Waals surface area contributed by atoms with E-state index in [9.17, 15) is 29.1 Å². The van der Waals surface area contributed by atoms with Gasteiger partial charge >= 0.3 is 11.9 Å². The molecule has 39 heavy (non-hydrogen) atoms. The number of amides is 3. The highest BCUT2D eigenvalue weighted by atomic mass is 16.4. The molecule has 8 N–H and O–H groups in total. The van der Waals surface area contributed by atoms with Gasteiger partial charge in [-0.25, -0.2) is 4.79 Å². The first-order valence-corrected chi connectivity index (χ1v) is 13.0. The van der Waals surface area contributed by atoms with E-state index in [0.29, 0.717) is 12.0 Å². The molecule has 5 unspecified atom stereocenters. The number of nitrogens with one attached hydrogen (secondary N) is 4. The third-order valence-electron chi connectivity index (χ3n) is 6.81. The number of fused-ring (bicyclic) bond motifs is 1. The van der Waals surface area contributed by atoms with Gasteiger partial charge in [0.15, 0.2) is 0 Å². The largest absolute Gasteiger partial charge is 0.481 e. The molecule has 1 aromatic heterocycles. The van der Waals surface area contributed by atoms with Gasteiger partial charge in [0.1, 0.15) is 18.1 Å². The van der Waals surface area contributed by atoms with Crippen molar-refractivity contribution in [3.05, 3.63) is 36.0 Å². The van der Waals surface area contributed by atoms with Crippen molar-refractivity contribution in [2.24, 2.45) is 17.6 Å². The molecule has 0 aliphatic carbocycles. The molecule has 214 valence electrons. The summed E-state index contributed by atoms with van der Waals surface area (Å²) in [6, 6.07) is 2.86. The van der Waals surface area contributed by atoms with Crippen LogP contribution in [0.25, 0.3) is 10.9 Å². The number of aromatic amines is 1. The summed E-state index contributed by atoms with van der Waals surface area (Å²) < 4.78 is 0. The van der Waals surface area contributed by atoms with E-state index in [1.807, 2.05) is 31.2 Å². The molecule has 0 saturated heterocycles. The lowest BCUT2D eigenvalue weighted by Gasteiger charge is -2.28. The van der Waals surface area contributed by atoms with Crippen molar-refractivity contribution in [2.45, 2.75) is 77.5 Å². The van der Waals surface area contributed by atoms with Crippen LogP contribution in [0, 0.1) is 11.8 Å². The van der Waals surface area contributed by atoms with Crippen LogP contribution in [-0.2, 0) is 30.4 Å². The van der Waals surface area contributed by atoms with E-state index in [0.717, 1.165) is 10.9 Å². The molecule has 2 rings (SSSR count). The minimum absolute atomic E-state index is 0.0134. The summed E-state index contributed by atoms with van der Waals surface area (Å²) in [5, 5.41) is 27.0. The highest BCUT2D eigenvalue weighted by Crippen LogP contribution is 2.20. The molecule has 0 spiro atoms. The maximum atomic E-state index is 13.5. The van der Waals surface area contributed by atoms with E-state index < -0.39 is 60.2 Å². The van der Waals surface area contributed by atoms with Gasteiger partial charge in [-0.1, -0.05) is 52.3 Å². The number of carbonyl (C=O) groups excluding carboxylic acids is 3. The first-order valence-electron chi connectivity index (χ1n) is 13.0. The number of hydrogen-bond acceptors (Lipinski definition) is 6. The third-order valence-corrected chi connectivity index (χ3v) is 6.81. The summed E-state index contributed by atoms with van der Waals surface area (Å²) >= 11 is 0. The number of carboxylic acid groups (broad SMARTS) is 2. The molecular weight excluding hydrogens is 506 g/mol. The molecule has 2 aromatic rings. The molecule has 12 heteroatoms. The lowest BCUT2D eigenvalue weighted by atomic mass is 9.95. The lowest BCUT2D eigenvalue weighted by Crippen LogP contribution is -2.59. The van der Waals surface area contributed by atoms with E-state index in [4.69, 9.17) is 10.8 Å². The molecule has 1 heterocycles. The Labute approximate surface area is 227 Å². The van der Waals surface area contributed by atoms with Crippen LogP contribution in [0.2, 0.25) is 0 Å². The molecular formula is C27H39N5O7. The average molecular weight is 546 g/mol. The zero-order valence-corrected chi connectivity index (χ0v) is 22.7. The van der Waals surface area contributed by atoms with Crippen molar-refractivity contribution in [3.8, 4) is 0 Å². The summed E-state index contributed by atoms with van der Waals surface area (Å²) in [7, 11) is 0. The first-order chi connectivity index (χ1) is 18.3. The molecule has 0 radical (unpaired) electrons. The van der Waals surface area contributed by atoms with Gasteiger partial charge in [-0.3, -0.25) is 19.2 Å². The van der Waals surface area contributed by atoms with E-state index in [2.05, 4.69) is 20.9 Å². The second-order valence-corrected chi connectivity index (χ2v) is 10.1. The number of rotatable bonds is 15. The predicted octanol–water partition coefficient (Wildman–Crippen LogP) is 1.14. The van der Waals surface area contributed by atoms with Crippen LogP contribution >= 0.6 is 0 Å². The molecule has 5 atom stereocenters. The SMILES string of the molecule is CCC(C)C(NC(=O)C(N)C(C)C)C(=O)NC(Cc1c[nH]c2ccccc12)C(=O)NC(CCC(=O)O)C(=O)O. The van der Waals surface area contributed by atoms with E-state index in [1.165, 1.54) is 0 Å². The maximum Gasteiger partial charge on any atom is 0.326 e. The van der Waals surface area contributed by atoms with Crippen LogP contribution in [0.3, 0.4) is 0 Å². The Morgan fingerprint density at radius 2 is 1.56 bits per heavy atom. The fourth-order valence-electron chi connectivity index (χ4n) is 4.04. The second kappa shape index (κ2) is 14.3. The number of carboxylic acids is 2. The van der Waals surface area contributed by atoms with Crippen LogP contribution < -0.4 is 21.7 Å². The Morgan fingerprint density at radius 1 is 0.923 bits per heavy atom. The molecule has 1 aromatic carbocycles. The predicted molar refractivity (Wildman–Crippen MR) is 145 cm³/mol. The zero-order chi connectivity index (χ0) is 29.3. The fraction of sp³-hybridized carbons (Fsp3) is 0.519. The number of H-pyrrole nitrogens is 1. The van der Waals surface area contributed by atoms with E-state index in [-0.39, 0.29) is 24.7 Å². The Morgan fingerprint density at radius 3 is 2.15 bits per heavy atom. The minimum atomic E-state index is -1.47. The number of hydrogen-bond donors (Lipinski definition) is 7. The van der Waals surface area contributed by atoms with Gasteiger partial charge in [0.05, 0.1) is 6.04 Å². The first kappa shape index (κ1) is 31.3. The highest BCUT2D eigenvalue weighted by molar-refractivity contribution is 5.95. The standard InChI is InChI=1S/C27H39N5O7/c1-5-15(4)23(32-25(36)22(28)14(2)3)26(37)31-20(12-16-13-29-18-9-7-6-8-17(16)18)24(35)30-19(27(38)39)10-11-21(33)34/h6-9,13-15,19-20,22-23,29H,5,10-12,28H2,1-4H3,(H,30,35)(H,31,37)(H,32,36)(H,33,34)(H,38,39). The monoisotopic (exact) mass is 545 g/mol. The number of para-hydroxylation sites is 1. The molecule has 0 aliphatic rings. The molecule has 3 amide bonds. The normalized spacial score (nSPS) is 15.1. The Kier molecular flexibility index (Phi) is 11.5. The van der Waals surface area contributed by atoms with E-state index >= 15 is 0 Å². The molecule has 0 aliphatic heterocycles. The van der Waals surface area contributed by atoms with Crippen molar-refractivity contribution < 1.29 is 34.2 Å². The van der Waals surface area contributed by atoms with Gasteiger partial charge in [-0.05, 0) is 29.9 Å². The number of benzene rings is 1. The molecule has 0 saturated carbocycles. The topological polar surface area (TPSA) is 204 Å². The minimum Gasteiger partial charge on any atom is -0.481 e. The van der Waals surface area contributed by atoms with Crippen LogP contribution in [0.4, 0.5) is 0 Å². The fourth-order valence-corrected chi connectivity index (χ4v) is 4.04.